The van der Waals surface area contributed by atoms with Crippen molar-refractivity contribution in [3.63, 3.8) is 0 Å². The number of carbonyl (C=O) groups is 2. The van der Waals surface area contributed by atoms with Gasteiger partial charge >= 0.3 is 0 Å². The van der Waals surface area contributed by atoms with E-state index in [1.807, 2.05) is 9.80 Å². The zero-order valence-electron chi connectivity index (χ0n) is 12.2. The van der Waals surface area contributed by atoms with Crippen molar-refractivity contribution in [1.29, 1.82) is 0 Å². The molecule has 20 heavy (non-hydrogen) atoms. The van der Waals surface area contributed by atoms with E-state index in [2.05, 4.69) is 12.2 Å². The van der Waals surface area contributed by atoms with E-state index in [0.29, 0.717) is 39.2 Å². The van der Waals surface area contributed by atoms with E-state index < -0.39 is 0 Å². The van der Waals surface area contributed by atoms with Crippen molar-refractivity contribution in [1.82, 2.24) is 9.80 Å². The number of hydrogen-bond donors (Lipinski definition) is 0. The number of hydrogen-bond acceptors (Lipinski definition) is 3. The largest absolute Gasteiger partial charge is 0.384 e. The molecule has 2 amide bonds. The first kappa shape index (κ1) is 15.0. The van der Waals surface area contributed by atoms with E-state index in [-0.39, 0.29) is 17.7 Å². The van der Waals surface area contributed by atoms with Crippen molar-refractivity contribution in [2.75, 3.05) is 39.9 Å². The summed E-state index contributed by atoms with van der Waals surface area (Å²) in [5, 5.41) is 0. The third kappa shape index (κ3) is 3.82. The quantitative estimate of drug-likeness (QED) is 0.723. The molecular weight excluding hydrogens is 256 g/mol. The number of rotatable bonds is 4. The SMILES string of the molecule is COCCC(=O)N1CCN(C(=O)[C@H]2CC=CCC2)CC1. The van der Waals surface area contributed by atoms with Gasteiger partial charge in [0.15, 0.2) is 0 Å². The molecule has 2 rings (SSSR count). The summed E-state index contributed by atoms with van der Waals surface area (Å²) in [5.74, 6) is 0.536. The van der Waals surface area contributed by atoms with Gasteiger partial charge in [0.1, 0.15) is 0 Å². The van der Waals surface area contributed by atoms with Crippen molar-refractivity contribution in [2.45, 2.75) is 25.7 Å². The summed E-state index contributed by atoms with van der Waals surface area (Å²) in [4.78, 5) is 28.0. The zero-order valence-corrected chi connectivity index (χ0v) is 12.2. The second-order valence-electron chi connectivity index (χ2n) is 5.43. The Balaban J connectivity index is 1.77. The van der Waals surface area contributed by atoms with Gasteiger partial charge in [-0.2, -0.15) is 0 Å². The van der Waals surface area contributed by atoms with Gasteiger partial charge in [-0.1, -0.05) is 12.2 Å². The Morgan fingerprint density at radius 1 is 1.15 bits per heavy atom. The minimum absolute atomic E-state index is 0.125. The molecule has 0 unspecified atom stereocenters. The van der Waals surface area contributed by atoms with Crippen LogP contribution in [0.1, 0.15) is 25.7 Å². The maximum absolute atomic E-state index is 12.4. The second kappa shape index (κ2) is 7.43. The van der Waals surface area contributed by atoms with Gasteiger partial charge in [0, 0.05) is 39.2 Å². The van der Waals surface area contributed by atoms with Gasteiger partial charge in [-0.05, 0) is 19.3 Å². The van der Waals surface area contributed by atoms with Crippen molar-refractivity contribution in [3.05, 3.63) is 12.2 Å². The van der Waals surface area contributed by atoms with Crippen LogP contribution in [0.5, 0.6) is 0 Å². The van der Waals surface area contributed by atoms with Crippen LogP contribution in [0, 0.1) is 5.92 Å². The molecule has 1 aliphatic carbocycles. The Morgan fingerprint density at radius 2 is 1.85 bits per heavy atom. The number of nitrogens with zero attached hydrogens (tertiary/aromatic N) is 2. The Hall–Kier alpha value is -1.36. The highest BCUT2D eigenvalue weighted by Gasteiger charge is 2.28. The molecule has 0 bridgehead atoms. The highest BCUT2D eigenvalue weighted by atomic mass is 16.5. The van der Waals surface area contributed by atoms with E-state index in [1.54, 1.807) is 7.11 Å². The molecule has 0 N–H and O–H groups in total. The first-order chi connectivity index (χ1) is 9.72. The molecule has 0 radical (unpaired) electrons. The van der Waals surface area contributed by atoms with Gasteiger partial charge in [-0.15, -0.1) is 0 Å². The number of piperazine rings is 1. The van der Waals surface area contributed by atoms with Crippen molar-refractivity contribution < 1.29 is 14.3 Å². The number of ether oxygens (including phenoxy) is 1. The van der Waals surface area contributed by atoms with Gasteiger partial charge in [0.2, 0.25) is 11.8 Å². The van der Waals surface area contributed by atoms with Crippen LogP contribution in [0.15, 0.2) is 12.2 Å². The molecule has 112 valence electrons. The minimum Gasteiger partial charge on any atom is -0.384 e. The molecule has 0 saturated carbocycles. The van der Waals surface area contributed by atoms with Crippen molar-refractivity contribution in [2.24, 2.45) is 5.92 Å². The number of methoxy groups -OCH3 is 1. The first-order valence-electron chi connectivity index (χ1n) is 7.43. The lowest BCUT2D eigenvalue weighted by Crippen LogP contribution is -2.52. The molecule has 1 fully saturated rings. The lowest BCUT2D eigenvalue weighted by atomic mass is 9.93. The fraction of sp³-hybridized carbons (Fsp3) is 0.733. The highest BCUT2D eigenvalue weighted by molar-refractivity contribution is 5.80. The molecular formula is C15H24N2O3. The van der Waals surface area contributed by atoms with Crippen LogP contribution in [-0.4, -0.2) is 61.5 Å². The number of amides is 2. The molecule has 5 heteroatoms. The average Bonchev–Trinajstić information content (AvgIpc) is 2.53. The number of carbonyl (C=O) groups excluding carboxylic acids is 2. The summed E-state index contributed by atoms with van der Waals surface area (Å²) in [7, 11) is 1.60. The summed E-state index contributed by atoms with van der Waals surface area (Å²) in [6, 6.07) is 0. The van der Waals surface area contributed by atoms with E-state index >= 15 is 0 Å². The molecule has 5 nitrogen and oxygen atoms in total. The predicted molar refractivity (Wildman–Crippen MR) is 76.1 cm³/mol. The molecule has 0 aromatic carbocycles. The molecule has 1 atom stereocenters. The minimum atomic E-state index is 0.125. The van der Waals surface area contributed by atoms with E-state index in [0.717, 1.165) is 19.3 Å². The Bertz CT molecular complexity index is 373. The molecule has 0 aromatic heterocycles. The van der Waals surface area contributed by atoms with Gasteiger partial charge in [0.05, 0.1) is 13.0 Å². The summed E-state index contributed by atoms with van der Waals surface area (Å²) in [5.41, 5.74) is 0. The van der Waals surface area contributed by atoms with E-state index in [9.17, 15) is 9.59 Å². The summed E-state index contributed by atoms with van der Waals surface area (Å²) >= 11 is 0. The molecule has 1 aliphatic heterocycles. The predicted octanol–water partition coefficient (Wildman–Crippen LogP) is 1.05. The van der Waals surface area contributed by atoms with Crippen LogP contribution in [0.2, 0.25) is 0 Å². The van der Waals surface area contributed by atoms with Crippen molar-refractivity contribution >= 4 is 11.8 Å². The second-order valence-corrected chi connectivity index (χ2v) is 5.43. The maximum Gasteiger partial charge on any atom is 0.226 e. The van der Waals surface area contributed by atoms with E-state index in [1.165, 1.54) is 0 Å². The average molecular weight is 280 g/mol. The van der Waals surface area contributed by atoms with Gasteiger partial charge in [-0.3, -0.25) is 9.59 Å². The monoisotopic (exact) mass is 280 g/mol. The van der Waals surface area contributed by atoms with Crippen LogP contribution in [0.25, 0.3) is 0 Å². The van der Waals surface area contributed by atoms with Crippen LogP contribution < -0.4 is 0 Å². The third-order valence-corrected chi connectivity index (χ3v) is 4.08. The fourth-order valence-corrected chi connectivity index (χ4v) is 2.80. The topological polar surface area (TPSA) is 49.9 Å². The van der Waals surface area contributed by atoms with Crippen LogP contribution in [0.4, 0.5) is 0 Å². The molecule has 1 heterocycles. The Kier molecular flexibility index (Phi) is 5.59. The summed E-state index contributed by atoms with van der Waals surface area (Å²) in [6.45, 7) is 3.09. The smallest absolute Gasteiger partial charge is 0.226 e. The van der Waals surface area contributed by atoms with Gasteiger partial charge in [-0.25, -0.2) is 0 Å². The number of allylic oxidation sites excluding steroid dienone is 2. The van der Waals surface area contributed by atoms with Crippen LogP contribution in [-0.2, 0) is 14.3 Å². The third-order valence-electron chi connectivity index (χ3n) is 4.08. The molecule has 0 spiro atoms. The van der Waals surface area contributed by atoms with E-state index in [4.69, 9.17) is 4.74 Å². The Morgan fingerprint density at radius 3 is 2.45 bits per heavy atom. The summed E-state index contributed by atoms with van der Waals surface area (Å²) < 4.78 is 4.92. The van der Waals surface area contributed by atoms with Crippen molar-refractivity contribution in [3.8, 4) is 0 Å². The highest BCUT2D eigenvalue weighted by Crippen LogP contribution is 2.21. The lowest BCUT2D eigenvalue weighted by Gasteiger charge is -2.36. The standard InChI is InChI=1S/C15H24N2O3/c1-20-12-7-14(18)16-8-10-17(11-9-16)15(19)13-5-3-2-4-6-13/h2-3,13H,4-12H2,1H3/t13-/m0/s1. The molecule has 1 saturated heterocycles. The maximum atomic E-state index is 12.4. The summed E-state index contributed by atoms with van der Waals surface area (Å²) in [6.07, 6.45) is 7.52. The van der Waals surface area contributed by atoms with Crippen LogP contribution in [0.3, 0.4) is 0 Å². The zero-order chi connectivity index (χ0) is 14.4. The molecule has 2 aliphatic rings. The fourth-order valence-electron chi connectivity index (χ4n) is 2.80. The Labute approximate surface area is 120 Å². The normalized spacial score (nSPS) is 22.9. The molecule has 0 aromatic rings. The van der Waals surface area contributed by atoms with Crippen LogP contribution >= 0.6 is 0 Å². The first-order valence-corrected chi connectivity index (χ1v) is 7.43. The lowest BCUT2D eigenvalue weighted by molar-refractivity contribution is -0.142. The van der Waals surface area contributed by atoms with Gasteiger partial charge in [0.25, 0.3) is 0 Å². The van der Waals surface area contributed by atoms with Gasteiger partial charge < -0.3 is 14.5 Å².